The molecule has 0 radical (unpaired) electrons. The van der Waals surface area contributed by atoms with E-state index in [2.05, 4.69) is 105 Å². The summed E-state index contributed by atoms with van der Waals surface area (Å²) < 4.78 is 0. The van der Waals surface area contributed by atoms with E-state index in [1.807, 2.05) is 6.07 Å². The lowest BCUT2D eigenvalue weighted by Gasteiger charge is -2.07. The average Bonchev–Trinajstić information content (AvgIpc) is 2.79. The van der Waals surface area contributed by atoms with Gasteiger partial charge in [-0.1, -0.05) is 93.3 Å². The molecule has 0 saturated carbocycles. The van der Waals surface area contributed by atoms with E-state index in [0.717, 1.165) is 24.2 Å². The number of hydrogen-bond donors (Lipinski definition) is 0. The summed E-state index contributed by atoms with van der Waals surface area (Å²) in [5.41, 5.74) is 9.40. The van der Waals surface area contributed by atoms with Crippen molar-refractivity contribution in [1.82, 2.24) is 0 Å². The van der Waals surface area contributed by atoms with Crippen LogP contribution in [0.3, 0.4) is 0 Å². The van der Waals surface area contributed by atoms with E-state index in [1.165, 1.54) is 59.1 Å². The maximum atomic E-state index is 4.62. The summed E-state index contributed by atoms with van der Waals surface area (Å²) in [6, 6.07) is 23.7. The van der Waals surface area contributed by atoms with E-state index in [4.69, 9.17) is 0 Å². The van der Waals surface area contributed by atoms with E-state index < -0.39 is 0 Å². The first-order valence-corrected chi connectivity index (χ1v) is 12.0. The van der Waals surface area contributed by atoms with Crippen LogP contribution in [0.25, 0.3) is 17.2 Å². The lowest BCUT2D eigenvalue weighted by Crippen LogP contribution is -1.89. The second kappa shape index (κ2) is 12.1. The Kier molecular flexibility index (Phi) is 8.98. The maximum Gasteiger partial charge on any atom is 0.0865 e. The first-order chi connectivity index (χ1) is 15.6. The standard InChI is InChI=1S/C30H36N2/c1-5-7-8-10-13-25-16-23(3)17-26(20-25)21-29(6-2)31-32-30-19-24(4)18-28(22-30)27-14-11-9-12-15-27/h9,11-12,14-22H,5-8,10,13H2,1-4H3. The molecular formula is C30H36N2. The van der Waals surface area contributed by atoms with Gasteiger partial charge in [-0.05, 0) is 79.1 Å². The van der Waals surface area contributed by atoms with Gasteiger partial charge in [0.2, 0.25) is 0 Å². The Balaban J connectivity index is 1.79. The van der Waals surface area contributed by atoms with Gasteiger partial charge in [-0.2, -0.15) is 10.2 Å². The molecule has 0 spiro atoms. The minimum atomic E-state index is 0.848. The highest BCUT2D eigenvalue weighted by Crippen LogP contribution is 2.27. The summed E-state index contributed by atoms with van der Waals surface area (Å²) >= 11 is 0. The summed E-state index contributed by atoms with van der Waals surface area (Å²) in [4.78, 5) is 0. The quantitative estimate of drug-likeness (QED) is 0.228. The molecule has 0 aliphatic heterocycles. The van der Waals surface area contributed by atoms with Crippen molar-refractivity contribution in [3.05, 3.63) is 94.7 Å². The number of unbranched alkanes of at least 4 members (excludes halogenated alkanes) is 3. The maximum absolute atomic E-state index is 4.62. The highest BCUT2D eigenvalue weighted by Gasteiger charge is 2.03. The Bertz CT molecular complexity index is 1060. The molecule has 0 amide bonds. The van der Waals surface area contributed by atoms with Crippen LogP contribution in [0.5, 0.6) is 0 Å². The molecule has 3 aromatic carbocycles. The number of hydrogen-bond acceptors (Lipinski definition) is 2. The van der Waals surface area contributed by atoms with Crippen LogP contribution in [0, 0.1) is 13.8 Å². The molecule has 0 aliphatic carbocycles. The van der Waals surface area contributed by atoms with Crippen molar-refractivity contribution in [2.45, 2.75) is 66.2 Å². The highest BCUT2D eigenvalue weighted by molar-refractivity contribution is 5.68. The second-order valence-electron chi connectivity index (χ2n) is 8.68. The lowest BCUT2D eigenvalue weighted by atomic mass is 10.0. The van der Waals surface area contributed by atoms with Gasteiger partial charge < -0.3 is 0 Å². The Morgan fingerprint density at radius 3 is 2.31 bits per heavy atom. The Hall–Kier alpha value is -3.00. The van der Waals surface area contributed by atoms with Crippen LogP contribution >= 0.6 is 0 Å². The normalized spacial score (nSPS) is 11.9. The van der Waals surface area contributed by atoms with Gasteiger partial charge in [0.25, 0.3) is 0 Å². The first-order valence-electron chi connectivity index (χ1n) is 12.0. The van der Waals surface area contributed by atoms with Crippen molar-refractivity contribution in [3.63, 3.8) is 0 Å². The van der Waals surface area contributed by atoms with Gasteiger partial charge in [0, 0.05) is 0 Å². The van der Waals surface area contributed by atoms with E-state index in [9.17, 15) is 0 Å². The van der Waals surface area contributed by atoms with Crippen molar-refractivity contribution < 1.29 is 0 Å². The van der Waals surface area contributed by atoms with Crippen LogP contribution in [0.15, 0.2) is 82.7 Å². The number of benzene rings is 3. The van der Waals surface area contributed by atoms with E-state index in [-0.39, 0.29) is 0 Å². The van der Waals surface area contributed by atoms with Crippen molar-refractivity contribution in [1.29, 1.82) is 0 Å². The van der Waals surface area contributed by atoms with Crippen LogP contribution in [-0.2, 0) is 6.42 Å². The predicted molar refractivity (Wildman–Crippen MR) is 138 cm³/mol. The van der Waals surface area contributed by atoms with Crippen LogP contribution in [0.1, 0.15) is 68.2 Å². The third kappa shape index (κ3) is 7.30. The Labute approximate surface area is 194 Å². The molecule has 166 valence electrons. The monoisotopic (exact) mass is 424 g/mol. The first kappa shape index (κ1) is 23.7. The Morgan fingerprint density at radius 2 is 1.56 bits per heavy atom. The summed E-state index contributed by atoms with van der Waals surface area (Å²) in [5.74, 6) is 0. The Morgan fingerprint density at radius 1 is 0.781 bits per heavy atom. The molecule has 0 N–H and O–H groups in total. The molecule has 0 aromatic heterocycles. The molecule has 0 heterocycles. The number of rotatable bonds is 10. The van der Waals surface area contributed by atoms with Gasteiger partial charge in [0.05, 0.1) is 11.4 Å². The van der Waals surface area contributed by atoms with Gasteiger partial charge in [-0.25, -0.2) is 0 Å². The number of aryl methyl sites for hydroxylation is 3. The van der Waals surface area contributed by atoms with Crippen molar-refractivity contribution in [3.8, 4) is 11.1 Å². The smallest absolute Gasteiger partial charge is 0.0865 e. The molecule has 3 rings (SSSR count). The minimum Gasteiger partial charge on any atom is -0.155 e. The summed E-state index contributed by atoms with van der Waals surface area (Å²) in [5, 5.41) is 9.21. The molecule has 0 bridgehead atoms. The van der Waals surface area contributed by atoms with Crippen LogP contribution < -0.4 is 0 Å². The molecule has 0 atom stereocenters. The summed E-state index contributed by atoms with van der Waals surface area (Å²) in [6.07, 6.45) is 9.35. The SMILES string of the molecule is CCCCCCc1cc(C)cc(C=C(CC)N=Nc2cc(C)cc(-c3ccccc3)c2)c1. The topological polar surface area (TPSA) is 24.7 Å². The fourth-order valence-electron chi connectivity index (χ4n) is 4.01. The number of allylic oxidation sites excluding steroid dienone is 1. The zero-order chi connectivity index (χ0) is 22.8. The lowest BCUT2D eigenvalue weighted by molar-refractivity contribution is 0.666. The van der Waals surface area contributed by atoms with Crippen LogP contribution in [-0.4, -0.2) is 0 Å². The molecule has 2 heteroatoms. The highest BCUT2D eigenvalue weighted by atomic mass is 15.1. The molecule has 3 aromatic rings. The van der Waals surface area contributed by atoms with Crippen LogP contribution in [0.2, 0.25) is 0 Å². The summed E-state index contributed by atoms with van der Waals surface area (Å²) in [7, 11) is 0. The van der Waals surface area contributed by atoms with E-state index >= 15 is 0 Å². The van der Waals surface area contributed by atoms with Gasteiger partial charge in [0.15, 0.2) is 0 Å². The third-order valence-electron chi connectivity index (χ3n) is 5.64. The fraction of sp³-hybridized carbons (Fsp3) is 0.333. The minimum absolute atomic E-state index is 0.848. The molecule has 0 saturated heterocycles. The van der Waals surface area contributed by atoms with Gasteiger partial charge in [-0.15, -0.1) is 0 Å². The van der Waals surface area contributed by atoms with Crippen LogP contribution in [0.4, 0.5) is 5.69 Å². The van der Waals surface area contributed by atoms with E-state index in [0.29, 0.717) is 0 Å². The predicted octanol–water partition coefficient (Wildman–Crippen LogP) is 9.63. The fourth-order valence-corrected chi connectivity index (χ4v) is 4.01. The number of nitrogens with zero attached hydrogens (tertiary/aromatic N) is 2. The molecule has 0 fully saturated rings. The van der Waals surface area contributed by atoms with Crippen molar-refractivity contribution in [2.24, 2.45) is 10.2 Å². The largest absolute Gasteiger partial charge is 0.155 e. The number of azo groups is 1. The second-order valence-corrected chi connectivity index (χ2v) is 8.68. The van der Waals surface area contributed by atoms with E-state index in [1.54, 1.807) is 0 Å². The zero-order valence-corrected chi connectivity index (χ0v) is 20.1. The molecule has 0 unspecified atom stereocenters. The molecule has 32 heavy (non-hydrogen) atoms. The average molecular weight is 425 g/mol. The third-order valence-corrected chi connectivity index (χ3v) is 5.64. The molecular weight excluding hydrogens is 388 g/mol. The van der Waals surface area contributed by atoms with Crippen molar-refractivity contribution in [2.75, 3.05) is 0 Å². The van der Waals surface area contributed by atoms with Crippen molar-refractivity contribution >= 4 is 11.8 Å². The van der Waals surface area contributed by atoms with Gasteiger partial charge in [-0.3, -0.25) is 0 Å². The molecule has 2 nitrogen and oxygen atoms in total. The molecule has 0 aliphatic rings. The summed E-state index contributed by atoms with van der Waals surface area (Å²) in [6.45, 7) is 8.68. The van der Waals surface area contributed by atoms with Gasteiger partial charge in [0.1, 0.15) is 0 Å². The zero-order valence-electron chi connectivity index (χ0n) is 20.1. The van der Waals surface area contributed by atoms with Gasteiger partial charge >= 0.3 is 0 Å².